The Morgan fingerprint density at radius 3 is 2.62 bits per heavy atom. The quantitative estimate of drug-likeness (QED) is 0.455. The molecule has 74 valence electrons. The first-order chi connectivity index (χ1) is 6.31. The van der Waals surface area contributed by atoms with E-state index in [1.165, 1.54) is 25.7 Å². The van der Waals surface area contributed by atoms with Gasteiger partial charge in [0.2, 0.25) is 0 Å². The number of rotatable bonds is 6. The maximum atomic E-state index is 10.8. The van der Waals surface area contributed by atoms with Crippen molar-refractivity contribution in [1.82, 2.24) is 5.32 Å². The van der Waals surface area contributed by atoms with Gasteiger partial charge in [0.25, 0.3) is 5.91 Å². The highest BCUT2D eigenvalue weighted by Gasteiger charge is 1.93. The highest BCUT2D eigenvalue weighted by molar-refractivity contribution is 14.1. The lowest BCUT2D eigenvalue weighted by Crippen LogP contribution is -2.22. The second-order valence-electron chi connectivity index (χ2n) is 2.89. The van der Waals surface area contributed by atoms with Crippen molar-refractivity contribution < 1.29 is 4.79 Å². The van der Waals surface area contributed by atoms with Gasteiger partial charge < -0.3 is 5.32 Å². The summed E-state index contributed by atoms with van der Waals surface area (Å²) in [6.07, 6.45) is 6.08. The molecule has 0 aliphatic heterocycles. The van der Waals surface area contributed by atoms with E-state index in [9.17, 15) is 4.79 Å². The maximum absolute atomic E-state index is 10.8. The SMILES string of the molecule is CCCCCCCNC(=O)C#CI. The summed E-state index contributed by atoms with van der Waals surface area (Å²) in [5.74, 6) is 2.27. The highest BCUT2D eigenvalue weighted by atomic mass is 127. The Labute approximate surface area is 94.0 Å². The van der Waals surface area contributed by atoms with Crippen molar-refractivity contribution >= 4 is 28.5 Å². The number of halogens is 1. The Morgan fingerprint density at radius 2 is 2.00 bits per heavy atom. The molecular weight excluding hydrogens is 277 g/mol. The van der Waals surface area contributed by atoms with Gasteiger partial charge in [-0.25, -0.2) is 0 Å². The van der Waals surface area contributed by atoms with Gasteiger partial charge in [0.05, 0.1) is 0 Å². The molecule has 0 radical (unpaired) electrons. The zero-order valence-electron chi connectivity index (χ0n) is 8.03. The summed E-state index contributed by atoms with van der Waals surface area (Å²) in [6.45, 7) is 2.95. The average molecular weight is 293 g/mol. The summed E-state index contributed by atoms with van der Waals surface area (Å²) in [5.41, 5.74) is 0. The van der Waals surface area contributed by atoms with Crippen molar-refractivity contribution in [2.24, 2.45) is 0 Å². The Morgan fingerprint density at radius 1 is 1.31 bits per heavy atom. The van der Waals surface area contributed by atoms with Gasteiger partial charge in [0.15, 0.2) is 0 Å². The van der Waals surface area contributed by atoms with Crippen LogP contribution in [0.3, 0.4) is 0 Å². The number of unbranched alkanes of at least 4 members (excludes halogenated alkanes) is 4. The third-order valence-electron chi connectivity index (χ3n) is 1.73. The Bertz CT molecular complexity index is 193. The van der Waals surface area contributed by atoms with Gasteiger partial charge in [-0.2, -0.15) is 0 Å². The van der Waals surface area contributed by atoms with Crippen molar-refractivity contribution in [3.8, 4) is 9.85 Å². The fourth-order valence-corrected chi connectivity index (χ4v) is 1.26. The van der Waals surface area contributed by atoms with Crippen LogP contribution in [0.25, 0.3) is 0 Å². The van der Waals surface area contributed by atoms with E-state index in [-0.39, 0.29) is 5.91 Å². The fraction of sp³-hybridized carbons (Fsp3) is 0.700. The predicted molar refractivity (Wildman–Crippen MR) is 63.6 cm³/mol. The van der Waals surface area contributed by atoms with E-state index in [0.717, 1.165) is 13.0 Å². The van der Waals surface area contributed by atoms with E-state index in [1.807, 2.05) is 22.6 Å². The fourth-order valence-electron chi connectivity index (χ4n) is 1.02. The largest absolute Gasteiger partial charge is 0.345 e. The first-order valence-electron chi connectivity index (χ1n) is 4.70. The van der Waals surface area contributed by atoms with Gasteiger partial charge in [-0.05, 0) is 10.3 Å². The molecule has 0 aromatic carbocycles. The number of carbonyl (C=O) groups excluding carboxylic acids is 1. The van der Waals surface area contributed by atoms with Gasteiger partial charge in [0, 0.05) is 35.1 Å². The minimum Gasteiger partial charge on any atom is -0.345 e. The van der Waals surface area contributed by atoms with Gasteiger partial charge >= 0.3 is 0 Å². The molecule has 3 heteroatoms. The number of nitrogens with one attached hydrogen (secondary N) is 1. The molecule has 0 fully saturated rings. The highest BCUT2D eigenvalue weighted by Crippen LogP contribution is 2.00. The second kappa shape index (κ2) is 9.85. The van der Waals surface area contributed by atoms with Gasteiger partial charge in [-0.15, -0.1) is 0 Å². The molecular formula is C10H16INO. The Kier molecular flexibility index (Phi) is 9.66. The van der Waals surface area contributed by atoms with Crippen LogP contribution in [-0.4, -0.2) is 12.5 Å². The topological polar surface area (TPSA) is 29.1 Å². The van der Waals surface area contributed by atoms with Gasteiger partial charge in [-0.3, -0.25) is 4.79 Å². The number of amides is 1. The lowest BCUT2D eigenvalue weighted by Gasteiger charge is -2.00. The standard InChI is InChI=1S/C10H16INO/c1-2-3-4-5-6-9-12-10(13)7-8-11/h2-6,9H2,1H3,(H,12,13). The third kappa shape index (κ3) is 9.68. The number of hydrogen-bond acceptors (Lipinski definition) is 1. The monoisotopic (exact) mass is 293 g/mol. The molecule has 0 aromatic rings. The molecule has 0 aliphatic rings. The van der Waals surface area contributed by atoms with Gasteiger partial charge in [-0.1, -0.05) is 32.6 Å². The summed E-state index contributed by atoms with van der Waals surface area (Å²) in [4.78, 5) is 10.8. The van der Waals surface area contributed by atoms with Crippen LogP contribution in [0.5, 0.6) is 0 Å². The predicted octanol–water partition coefficient (Wildman–Crippen LogP) is 2.47. The molecule has 2 nitrogen and oxygen atoms in total. The molecule has 0 unspecified atom stereocenters. The summed E-state index contributed by atoms with van der Waals surface area (Å²) < 4.78 is 2.54. The lowest BCUT2D eigenvalue weighted by atomic mass is 10.1. The zero-order chi connectivity index (χ0) is 9.94. The Hall–Kier alpha value is -0.240. The second-order valence-corrected chi connectivity index (χ2v) is 3.43. The van der Waals surface area contributed by atoms with Crippen molar-refractivity contribution in [2.45, 2.75) is 39.0 Å². The molecule has 0 saturated carbocycles. The molecule has 0 saturated heterocycles. The van der Waals surface area contributed by atoms with Crippen molar-refractivity contribution in [1.29, 1.82) is 0 Å². The van der Waals surface area contributed by atoms with Crippen LogP contribution in [0, 0.1) is 9.85 Å². The van der Waals surface area contributed by atoms with E-state index in [2.05, 4.69) is 22.1 Å². The molecule has 0 atom stereocenters. The zero-order valence-corrected chi connectivity index (χ0v) is 10.2. The summed E-state index contributed by atoms with van der Waals surface area (Å²) in [5, 5.41) is 2.74. The number of carbonyl (C=O) groups is 1. The molecule has 1 N–H and O–H groups in total. The first-order valence-corrected chi connectivity index (χ1v) is 5.78. The minimum absolute atomic E-state index is 0.162. The summed E-state index contributed by atoms with van der Waals surface area (Å²) in [7, 11) is 0. The number of hydrogen-bond donors (Lipinski definition) is 1. The lowest BCUT2D eigenvalue weighted by molar-refractivity contribution is -0.115. The smallest absolute Gasteiger partial charge is 0.296 e. The van der Waals surface area contributed by atoms with Crippen molar-refractivity contribution in [3.05, 3.63) is 0 Å². The van der Waals surface area contributed by atoms with E-state index in [0.29, 0.717) is 0 Å². The van der Waals surface area contributed by atoms with Crippen LogP contribution in [0.4, 0.5) is 0 Å². The van der Waals surface area contributed by atoms with E-state index < -0.39 is 0 Å². The molecule has 0 rings (SSSR count). The van der Waals surface area contributed by atoms with Crippen LogP contribution in [0.15, 0.2) is 0 Å². The van der Waals surface area contributed by atoms with Crippen LogP contribution in [-0.2, 0) is 4.79 Å². The van der Waals surface area contributed by atoms with E-state index >= 15 is 0 Å². The molecule has 0 aliphatic carbocycles. The van der Waals surface area contributed by atoms with Crippen molar-refractivity contribution in [3.63, 3.8) is 0 Å². The maximum Gasteiger partial charge on any atom is 0.296 e. The normalized spacial score (nSPS) is 8.77. The van der Waals surface area contributed by atoms with Crippen molar-refractivity contribution in [2.75, 3.05) is 6.54 Å². The van der Waals surface area contributed by atoms with E-state index in [1.54, 1.807) is 0 Å². The van der Waals surface area contributed by atoms with Crippen LogP contribution >= 0.6 is 22.6 Å². The molecule has 0 aromatic heterocycles. The van der Waals surface area contributed by atoms with Crippen LogP contribution < -0.4 is 5.32 Å². The van der Waals surface area contributed by atoms with Gasteiger partial charge in [0.1, 0.15) is 0 Å². The first kappa shape index (κ1) is 12.8. The molecule has 0 bridgehead atoms. The van der Waals surface area contributed by atoms with Crippen LogP contribution in [0.1, 0.15) is 39.0 Å². The molecule has 1 amide bonds. The summed E-state index contributed by atoms with van der Waals surface area (Å²) >= 11 is 1.86. The molecule has 13 heavy (non-hydrogen) atoms. The Balaban J connectivity index is 3.14. The minimum atomic E-state index is -0.162. The summed E-state index contributed by atoms with van der Waals surface area (Å²) in [6, 6.07) is 0. The third-order valence-corrected chi connectivity index (χ3v) is 2.00. The van der Waals surface area contributed by atoms with Crippen LogP contribution in [0.2, 0.25) is 0 Å². The molecule has 0 spiro atoms. The van der Waals surface area contributed by atoms with E-state index in [4.69, 9.17) is 0 Å². The molecule has 0 heterocycles. The average Bonchev–Trinajstić information content (AvgIpc) is 2.11.